The van der Waals surface area contributed by atoms with E-state index in [9.17, 15) is 0 Å². The van der Waals surface area contributed by atoms with Crippen LogP contribution in [0.4, 0.5) is 0 Å². The Morgan fingerprint density at radius 1 is 1.28 bits per heavy atom. The molecular formula is C14H23N3S. The summed E-state index contributed by atoms with van der Waals surface area (Å²) >= 11 is 1.80. The van der Waals surface area contributed by atoms with Crippen molar-refractivity contribution in [2.24, 2.45) is 5.92 Å². The molecule has 18 heavy (non-hydrogen) atoms. The zero-order chi connectivity index (χ0) is 12.2. The van der Waals surface area contributed by atoms with Crippen molar-refractivity contribution in [3.05, 3.63) is 16.6 Å². The lowest BCUT2D eigenvalue weighted by atomic mass is 9.84. The maximum Gasteiger partial charge on any atom is 0.107 e. The maximum absolute atomic E-state index is 4.45. The molecule has 3 rings (SSSR count). The Morgan fingerprint density at radius 2 is 2.17 bits per heavy atom. The number of aromatic nitrogens is 1. The van der Waals surface area contributed by atoms with Gasteiger partial charge in [-0.1, -0.05) is 6.42 Å². The van der Waals surface area contributed by atoms with E-state index in [1.165, 1.54) is 56.7 Å². The summed E-state index contributed by atoms with van der Waals surface area (Å²) in [5, 5.41) is 6.87. The maximum atomic E-state index is 4.45. The number of hydrogen-bond donors (Lipinski definition) is 1. The van der Waals surface area contributed by atoms with E-state index in [1.54, 1.807) is 11.3 Å². The minimum atomic E-state index is 0.810. The topological polar surface area (TPSA) is 28.2 Å². The monoisotopic (exact) mass is 265 g/mol. The first kappa shape index (κ1) is 12.6. The number of likely N-dealkylation sites (tertiary alicyclic amines) is 1. The van der Waals surface area contributed by atoms with Crippen LogP contribution in [-0.2, 0) is 6.54 Å². The summed E-state index contributed by atoms with van der Waals surface area (Å²) in [5.41, 5.74) is 0. The molecule has 0 spiro atoms. The van der Waals surface area contributed by atoms with Crippen LogP contribution in [0.5, 0.6) is 0 Å². The molecule has 1 N–H and O–H groups in total. The van der Waals surface area contributed by atoms with Gasteiger partial charge in [0.1, 0.15) is 5.01 Å². The van der Waals surface area contributed by atoms with E-state index in [0.29, 0.717) is 0 Å². The van der Waals surface area contributed by atoms with Gasteiger partial charge >= 0.3 is 0 Å². The lowest BCUT2D eigenvalue weighted by molar-refractivity contribution is 0.0777. The number of nitrogens with one attached hydrogen (secondary N) is 1. The minimum Gasteiger partial charge on any atom is -0.317 e. The van der Waals surface area contributed by atoms with E-state index < -0.39 is 0 Å². The van der Waals surface area contributed by atoms with Crippen molar-refractivity contribution >= 4 is 11.3 Å². The van der Waals surface area contributed by atoms with Gasteiger partial charge in [0, 0.05) is 17.6 Å². The largest absolute Gasteiger partial charge is 0.317 e. The van der Waals surface area contributed by atoms with Gasteiger partial charge in [0.05, 0.1) is 6.54 Å². The summed E-state index contributed by atoms with van der Waals surface area (Å²) < 4.78 is 0. The van der Waals surface area contributed by atoms with Crippen molar-refractivity contribution < 1.29 is 0 Å². The quantitative estimate of drug-likeness (QED) is 0.910. The number of thiazole rings is 1. The molecule has 0 bridgehead atoms. The molecule has 100 valence electrons. The van der Waals surface area contributed by atoms with Gasteiger partial charge in [-0.3, -0.25) is 4.90 Å². The predicted octanol–water partition coefficient (Wildman–Crippen LogP) is 2.50. The van der Waals surface area contributed by atoms with Crippen LogP contribution in [0, 0.1) is 5.92 Å². The van der Waals surface area contributed by atoms with E-state index in [0.717, 1.165) is 18.5 Å². The molecule has 2 fully saturated rings. The number of hydrogen-bond acceptors (Lipinski definition) is 4. The van der Waals surface area contributed by atoms with E-state index in [4.69, 9.17) is 0 Å². The van der Waals surface area contributed by atoms with Crippen molar-refractivity contribution in [1.29, 1.82) is 0 Å². The summed E-state index contributed by atoms with van der Waals surface area (Å²) in [6.45, 7) is 4.78. The standard InChI is InChI=1S/C14H23N3S/c1-2-9-17(11-14-16-8-10-18-14)13(3-1)12-4-6-15-7-5-12/h8,10,12-13,15H,1-7,9,11H2. The average Bonchev–Trinajstić information content (AvgIpc) is 2.93. The molecule has 0 saturated carbocycles. The van der Waals surface area contributed by atoms with Crippen LogP contribution < -0.4 is 5.32 Å². The molecule has 3 nitrogen and oxygen atoms in total. The molecule has 0 aromatic carbocycles. The third kappa shape index (κ3) is 2.92. The summed E-state index contributed by atoms with van der Waals surface area (Å²) in [6, 6.07) is 0.810. The first-order valence-electron chi connectivity index (χ1n) is 7.26. The molecule has 1 atom stereocenters. The fourth-order valence-corrected chi connectivity index (χ4v) is 4.12. The average molecular weight is 265 g/mol. The van der Waals surface area contributed by atoms with Gasteiger partial charge in [-0.05, 0) is 51.2 Å². The second-order valence-corrected chi connectivity index (χ2v) is 6.53. The fourth-order valence-electron chi connectivity index (χ4n) is 3.48. The zero-order valence-electron chi connectivity index (χ0n) is 11.0. The zero-order valence-corrected chi connectivity index (χ0v) is 11.8. The van der Waals surface area contributed by atoms with Gasteiger partial charge in [0.2, 0.25) is 0 Å². The Balaban J connectivity index is 1.65. The summed E-state index contributed by atoms with van der Waals surface area (Å²) in [6.07, 6.45) is 8.84. The summed E-state index contributed by atoms with van der Waals surface area (Å²) in [7, 11) is 0. The number of nitrogens with zero attached hydrogens (tertiary/aromatic N) is 2. The van der Waals surface area contributed by atoms with Gasteiger partial charge in [0.25, 0.3) is 0 Å². The Hall–Kier alpha value is -0.450. The molecule has 1 unspecified atom stereocenters. The van der Waals surface area contributed by atoms with Crippen molar-refractivity contribution in [2.45, 2.75) is 44.7 Å². The van der Waals surface area contributed by atoms with E-state index >= 15 is 0 Å². The molecule has 2 aliphatic rings. The van der Waals surface area contributed by atoms with Crippen LogP contribution >= 0.6 is 11.3 Å². The Labute approximate surface area is 114 Å². The first-order chi connectivity index (χ1) is 8.93. The molecule has 3 heterocycles. The molecule has 2 saturated heterocycles. The van der Waals surface area contributed by atoms with Crippen molar-refractivity contribution in [2.75, 3.05) is 19.6 Å². The number of piperidine rings is 2. The second kappa shape index (κ2) is 6.13. The molecule has 0 radical (unpaired) electrons. The summed E-state index contributed by atoms with van der Waals surface area (Å²) in [4.78, 5) is 7.16. The van der Waals surface area contributed by atoms with Gasteiger partial charge in [-0.25, -0.2) is 4.98 Å². The highest BCUT2D eigenvalue weighted by molar-refractivity contribution is 7.09. The van der Waals surface area contributed by atoms with Crippen LogP contribution in [0.15, 0.2) is 11.6 Å². The van der Waals surface area contributed by atoms with Crippen LogP contribution in [-0.4, -0.2) is 35.6 Å². The molecule has 0 aliphatic carbocycles. The predicted molar refractivity (Wildman–Crippen MR) is 75.8 cm³/mol. The molecule has 1 aromatic rings. The van der Waals surface area contributed by atoms with Crippen LogP contribution in [0.1, 0.15) is 37.1 Å². The van der Waals surface area contributed by atoms with Crippen molar-refractivity contribution in [3.8, 4) is 0 Å². The highest BCUT2D eigenvalue weighted by Gasteiger charge is 2.30. The molecular weight excluding hydrogens is 242 g/mol. The highest BCUT2D eigenvalue weighted by atomic mass is 32.1. The normalized spacial score (nSPS) is 27.4. The van der Waals surface area contributed by atoms with E-state index in [2.05, 4.69) is 20.6 Å². The van der Waals surface area contributed by atoms with Crippen molar-refractivity contribution in [3.63, 3.8) is 0 Å². The lowest BCUT2D eigenvalue weighted by Crippen LogP contribution is -2.46. The van der Waals surface area contributed by atoms with Crippen LogP contribution in [0.2, 0.25) is 0 Å². The van der Waals surface area contributed by atoms with E-state index in [-0.39, 0.29) is 0 Å². The first-order valence-corrected chi connectivity index (χ1v) is 8.14. The Kier molecular flexibility index (Phi) is 4.28. The minimum absolute atomic E-state index is 0.810. The third-order valence-corrected chi connectivity index (χ3v) is 5.18. The third-order valence-electron chi connectivity index (χ3n) is 4.41. The smallest absolute Gasteiger partial charge is 0.107 e. The Morgan fingerprint density at radius 3 is 2.94 bits per heavy atom. The highest BCUT2D eigenvalue weighted by Crippen LogP contribution is 2.30. The molecule has 2 aliphatic heterocycles. The number of rotatable bonds is 3. The van der Waals surface area contributed by atoms with Crippen molar-refractivity contribution in [1.82, 2.24) is 15.2 Å². The van der Waals surface area contributed by atoms with Gasteiger partial charge in [-0.2, -0.15) is 0 Å². The van der Waals surface area contributed by atoms with E-state index in [1.807, 2.05) is 6.20 Å². The molecule has 0 amide bonds. The SMILES string of the molecule is c1csc(CN2CCCCC2C2CCNCC2)n1. The molecule has 4 heteroatoms. The van der Waals surface area contributed by atoms with Gasteiger partial charge < -0.3 is 5.32 Å². The fraction of sp³-hybridized carbons (Fsp3) is 0.786. The Bertz CT molecular complexity index is 346. The lowest BCUT2D eigenvalue weighted by Gasteiger charge is -2.41. The van der Waals surface area contributed by atoms with Crippen LogP contribution in [0.3, 0.4) is 0 Å². The van der Waals surface area contributed by atoms with Gasteiger partial charge in [-0.15, -0.1) is 11.3 Å². The van der Waals surface area contributed by atoms with Crippen LogP contribution in [0.25, 0.3) is 0 Å². The molecule has 1 aromatic heterocycles. The second-order valence-electron chi connectivity index (χ2n) is 5.55. The van der Waals surface area contributed by atoms with Gasteiger partial charge in [0.15, 0.2) is 0 Å². The summed E-state index contributed by atoms with van der Waals surface area (Å²) in [5.74, 6) is 0.909.